The fourth-order valence-electron chi connectivity index (χ4n) is 5.74. The van der Waals surface area contributed by atoms with Crippen molar-refractivity contribution in [2.75, 3.05) is 31.0 Å². The molecular formula is C35H45N3O9S2. The lowest BCUT2D eigenvalue weighted by atomic mass is 10.0. The van der Waals surface area contributed by atoms with Gasteiger partial charge >= 0.3 is 6.09 Å². The van der Waals surface area contributed by atoms with Crippen LogP contribution in [0.5, 0.6) is 5.75 Å². The van der Waals surface area contributed by atoms with Gasteiger partial charge in [0.25, 0.3) is 10.0 Å². The number of anilines is 1. The zero-order valence-electron chi connectivity index (χ0n) is 27.9. The normalized spacial score (nSPS) is 17.3. The van der Waals surface area contributed by atoms with E-state index in [0.29, 0.717) is 39.3 Å². The number of amides is 1. The van der Waals surface area contributed by atoms with E-state index >= 15 is 0 Å². The fraction of sp³-hybridized carbons (Fsp3) is 0.457. The third-order valence-electron chi connectivity index (χ3n) is 8.37. The van der Waals surface area contributed by atoms with Crippen LogP contribution in [0.25, 0.3) is 0 Å². The van der Waals surface area contributed by atoms with Gasteiger partial charge in [-0.3, -0.25) is 4.72 Å². The third kappa shape index (κ3) is 10.4. The topological polar surface area (TPSA) is 164 Å². The molecule has 0 aromatic heterocycles. The maximum absolute atomic E-state index is 12.9. The van der Waals surface area contributed by atoms with Crippen molar-refractivity contribution in [2.45, 2.75) is 87.1 Å². The second-order valence-corrected chi connectivity index (χ2v) is 16.0. The minimum absolute atomic E-state index is 0.0911. The number of unbranched alkanes of at least 4 members (excludes halogenated alkanes) is 4. The molecule has 1 saturated heterocycles. The molecule has 1 amide bonds. The van der Waals surface area contributed by atoms with Gasteiger partial charge < -0.3 is 23.8 Å². The number of nitrogens with two attached hydrogens (primary N) is 1. The molecule has 2 heterocycles. The molecule has 2 aliphatic heterocycles. The Bertz CT molecular complexity index is 1830. The first-order valence-corrected chi connectivity index (χ1v) is 19.6. The molecule has 5 rings (SSSR count). The van der Waals surface area contributed by atoms with Crippen molar-refractivity contribution < 1.29 is 40.6 Å². The Kier molecular flexibility index (Phi) is 11.9. The van der Waals surface area contributed by atoms with Crippen LogP contribution in [-0.2, 0) is 47.3 Å². The number of carbonyl (C=O) groups is 1. The monoisotopic (exact) mass is 715 g/mol. The van der Waals surface area contributed by atoms with Gasteiger partial charge in [0.15, 0.2) is 0 Å². The minimum atomic E-state index is -3.96. The van der Waals surface area contributed by atoms with E-state index in [1.165, 1.54) is 30.3 Å². The lowest BCUT2D eigenvalue weighted by Gasteiger charge is -2.32. The van der Waals surface area contributed by atoms with Gasteiger partial charge in [0, 0.05) is 39.2 Å². The Balaban J connectivity index is 0.929. The van der Waals surface area contributed by atoms with Gasteiger partial charge in [0.1, 0.15) is 11.9 Å². The van der Waals surface area contributed by atoms with Crippen LogP contribution in [-0.4, -0.2) is 59.9 Å². The maximum Gasteiger partial charge on any atom is 0.410 e. The van der Waals surface area contributed by atoms with Gasteiger partial charge in [-0.25, -0.2) is 26.8 Å². The Hall–Kier alpha value is -3.69. The summed E-state index contributed by atoms with van der Waals surface area (Å²) < 4.78 is 74.5. The Morgan fingerprint density at radius 1 is 0.898 bits per heavy atom. The number of rotatable bonds is 17. The minimum Gasteiger partial charge on any atom is -0.463 e. The molecule has 0 saturated carbocycles. The molecule has 3 aromatic carbocycles. The molecule has 0 aliphatic carbocycles. The Labute approximate surface area is 289 Å². The van der Waals surface area contributed by atoms with E-state index < -0.39 is 25.8 Å². The van der Waals surface area contributed by atoms with Crippen molar-refractivity contribution in [3.8, 4) is 5.75 Å². The summed E-state index contributed by atoms with van der Waals surface area (Å²) in [6.07, 6.45) is 5.64. The van der Waals surface area contributed by atoms with Gasteiger partial charge in [0.2, 0.25) is 15.8 Å². The number of nitrogens with zero attached hydrogens (tertiary/aromatic N) is 1. The molecule has 2 aliphatic rings. The largest absolute Gasteiger partial charge is 0.463 e. The quantitative estimate of drug-likeness (QED) is 0.163. The number of nitrogens with one attached hydrogen (secondary N) is 1. The van der Waals surface area contributed by atoms with Gasteiger partial charge in [-0.1, -0.05) is 37.1 Å². The van der Waals surface area contributed by atoms with Crippen molar-refractivity contribution in [3.63, 3.8) is 0 Å². The van der Waals surface area contributed by atoms with Crippen LogP contribution in [0.1, 0.15) is 75.2 Å². The van der Waals surface area contributed by atoms with E-state index in [1.807, 2.05) is 38.1 Å². The fourth-order valence-corrected chi connectivity index (χ4v) is 7.42. The van der Waals surface area contributed by atoms with E-state index in [-0.39, 0.29) is 27.7 Å². The van der Waals surface area contributed by atoms with E-state index in [4.69, 9.17) is 24.1 Å². The summed E-state index contributed by atoms with van der Waals surface area (Å²) in [5, 5.41) is 5.16. The van der Waals surface area contributed by atoms with Crippen molar-refractivity contribution >= 4 is 31.8 Å². The highest BCUT2D eigenvalue weighted by molar-refractivity contribution is 7.92. The lowest BCUT2D eigenvalue weighted by Crippen LogP contribution is -2.35. The number of sulfonamides is 2. The molecule has 3 aromatic rings. The van der Waals surface area contributed by atoms with Crippen LogP contribution in [0.15, 0.2) is 76.5 Å². The molecule has 0 spiro atoms. The summed E-state index contributed by atoms with van der Waals surface area (Å²) in [7, 11) is -7.88. The van der Waals surface area contributed by atoms with Crippen molar-refractivity contribution in [2.24, 2.45) is 5.14 Å². The summed E-state index contributed by atoms with van der Waals surface area (Å²) in [4.78, 5) is 14.1. The molecule has 14 heteroatoms. The molecule has 12 nitrogen and oxygen atoms in total. The zero-order valence-corrected chi connectivity index (χ0v) is 29.6. The highest BCUT2D eigenvalue weighted by Gasteiger charge is 2.33. The van der Waals surface area contributed by atoms with Crippen molar-refractivity contribution in [3.05, 3.63) is 83.4 Å². The standard InChI is InChI=1S/C35H45N3O9S2/c1-35(2)45-25-28-22-27(16-17-32(28)47-35)33-24-38(34(39)46-33)18-6-3-4-7-19-44-20-8-5-11-26-12-9-15-31(21-26)49(42,43)37-29-13-10-14-30(23-29)48(36,40)41/h9-10,12-17,21-23,33,37H,3-8,11,18-20,24-25H2,1-2H3,(H2,36,40,41)/t33-/m0/s1. The Morgan fingerprint density at radius 2 is 1.63 bits per heavy atom. The summed E-state index contributed by atoms with van der Waals surface area (Å²) in [6.45, 7) is 6.70. The second-order valence-electron chi connectivity index (χ2n) is 12.8. The maximum atomic E-state index is 12.9. The first-order chi connectivity index (χ1) is 23.3. The van der Waals surface area contributed by atoms with Crippen molar-refractivity contribution in [1.82, 2.24) is 4.90 Å². The zero-order chi connectivity index (χ0) is 35.1. The summed E-state index contributed by atoms with van der Waals surface area (Å²) in [5.41, 5.74) is 2.89. The molecule has 0 bridgehead atoms. The smallest absolute Gasteiger partial charge is 0.410 e. The molecular weight excluding hydrogens is 671 g/mol. The molecule has 3 N–H and O–H groups in total. The van der Waals surface area contributed by atoms with Crippen molar-refractivity contribution in [1.29, 1.82) is 0 Å². The molecule has 266 valence electrons. The SMILES string of the molecule is CC1(C)OCc2cc([C@@H]3CN(CCCCCCOCCCCc4cccc(S(=O)(=O)Nc5cccc(S(N)(=O)=O)c5)c4)C(=O)O3)ccc2O1. The van der Waals surface area contributed by atoms with E-state index in [9.17, 15) is 21.6 Å². The van der Waals surface area contributed by atoms with Gasteiger partial charge in [0.05, 0.1) is 28.6 Å². The predicted molar refractivity (Wildman–Crippen MR) is 184 cm³/mol. The highest BCUT2D eigenvalue weighted by atomic mass is 32.2. The third-order valence-corrected chi connectivity index (χ3v) is 10.7. The molecule has 1 atom stereocenters. The number of aryl methyl sites for hydroxylation is 1. The number of carbonyl (C=O) groups excluding carboxylic acids is 1. The van der Waals surface area contributed by atoms with E-state index in [2.05, 4.69) is 4.72 Å². The summed E-state index contributed by atoms with van der Waals surface area (Å²) in [5.74, 6) is 0.147. The van der Waals surface area contributed by atoms with Crippen LogP contribution in [0.3, 0.4) is 0 Å². The first-order valence-electron chi connectivity index (χ1n) is 16.5. The van der Waals surface area contributed by atoms with Crippen LogP contribution in [0, 0.1) is 0 Å². The van der Waals surface area contributed by atoms with Gasteiger partial charge in [-0.2, -0.15) is 0 Å². The average molecular weight is 716 g/mol. The van der Waals surface area contributed by atoms with E-state index in [0.717, 1.165) is 61.0 Å². The molecule has 49 heavy (non-hydrogen) atoms. The Morgan fingerprint density at radius 3 is 2.43 bits per heavy atom. The van der Waals surface area contributed by atoms with Gasteiger partial charge in [-0.05, 0) is 85.7 Å². The van der Waals surface area contributed by atoms with Crippen LogP contribution in [0.4, 0.5) is 10.5 Å². The van der Waals surface area contributed by atoms with Crippen LogP contribution >= 0.6 is 0 Å². The number of primary sulfonamides is 1. The van der Waals surface area contributed by atoms with Gasteiger partial charge in [-0.15, -0.1) is 0 Å². The number of hydrogen-bond donors (Lipinski definition) is 2. The number of hydrogen-bond acceptors (Lipinski definition) is 9. The highest BCUT2D eigenvalue weighted by Crippen LogP contribution is 2.35. The molecule has 0 unspecified atom stereocenters. The lowest BCUT2D eigenvalue weighted by molar-refractivity contribution is -0.180. The van der Waals surface area contributed by atoms with Crippen LogP contribution < -0.4 is 14.6 Å². The number of cyclic esters (lactones) is 1. The molecule has 1 fully saturated rings. The summed E-state index contributed by atoms with van der Waals surface area (Å²) >= 11 is 0. The number of benzene rings is 3. The number of fused-ring (bicyclic) bond motifs is 1. The van der Waals surface area contributed by atoms with Crippen LogP contribution in [0.2, 0.25) is 0 Å². The first kappa shape index (κ1) is 36.6. The number of ether oxygens (including phenoxy) is 4. The van der Waals surface area contributed by atoms with E-state index in [1.54, 1.807) is 17.0 Å². The predicted octanol–water partition coefficient (Wildman–Crippen LogP) is 5.87. The summed E-state index contributed by atoms with van der Waals surface area (Å²) in [6, 6.07) is 17.9. The average Bonchev–Trinajstić information content (AvgIpc) is 3.42. The molecule has 0 radical (unpaired) electrons. The second kappa shape index (κ2) is 15.9.